The van der Waals surface area contributed by atoms with Crippen LogP contribution in [0.4, 0.5) is 0 Å². The number of carbonyl (C=O) groups excluding carboxylic acids is 1. The number of allylic oxidation sites excluding steroid dienone is 1. The number of rotatable bonds is 1. The Hall–Kier alpha value is -1.64. The van der Waals surface area contributed by atoms with Crippen molar-refractivity contribution in [2.45, 2.75) is 13.3 Å². The first kappa shape index (κ1) is 9.90. The lowest BCUT2D eigenvalue weighted by Crippen LogP contribution is -2.28. The van der Waals surface area contributed by atoms with E-state index in [0.29, 0.717) is 6.42 Å². The van der Waals surface area contributed by atoms with E-state index in [1.54, 1.807) is 18.1 Å². The second-order valence-corrected chi connectivity index (χ2v) is 3.91. The molecule has 2 rings (SSSR count). The predicted molar refractivity (Wildman–Crippen MR) is 58.8 cm³/mol. The van der Waals surface area contributed by atoms with Crippen molar-refractivity contribution in [1.82, 2.24) is 9.88 Å². The molecular formula is C12H14N2O. The van der Waals surface area contributed by atoms with Crippen LogP contribution in [-0.4, -0.2) is 22.8 Å². The summed E-state index contributed by atoms with van der Waals surface area (Å²) in [4.78, 5) is 17.4. The lowest BCUT2D eigenvalue weighted by Gasteiger charge is -2.25. The minimum atomic E-state index is 0.169. The molecule has 0 aliphatic carbocycles. The summed E-state index contributed by atoms with van der Waals surface area (Å²) in [7, 11) is 1.79. The van der Waals surface area contributed by atoms with Gasteiger partial charge >= 0.3 is 0 Å². The maximum Gasteiger partial charge on any atom is 0.226 e. The highest BCUT2D eigenvalue weighted by atomic mass is 16.2. The van der Waals surface area contributed by atoms with Gasteiger partial charge < -0.3 is 4.90 Å². The quantitative estimate of drug-likeness (QED) is 0.697. The highest BCUT2D eigenvalue weighted by Crippen LogP contribution is 2.28. The van der Waals surface area contributed by atoms with Crippen LogP contribution in [-0.2, 0) is 4.79 Å². The Morgan fingerprint density at radius 3 is 2.93 bits per heavy atom. The summed E-state index contributed by atoms with van der Waals surface area (Å²) >= 11 is 0. The summed E-state index contributed by atoms with van der Waals surface area (Å²) in [6, 6.07) is 5.84. The number of aromatic nitrogens is 1. The second-order valence-electron chi connectivity index (χ2n) is 3.91. The van der Waals surface area contributed by atoms with Gasteiger partial charge in [0.15, 0.2) is 0 Å². The molecule has 1 aromatic heterocycles. The van der Waals surface area contributed by atoms with Crippen LogP contribution in [0.3, 0.4) is 0 Å². The minimum absolute atomic E-state index is 0.169. The summed E-state index contributed by atoms with van der Waals surface area (Å²) in [5, 5.41) is 0. The molecule has 78 valence electrons. The van der Waals surface area contributed by atoms with Gasteiger partial charge in [0.1, 0.15) is 0 Å². The van der Waals surface area contributed by atoms with Crippen molar-refractivity contribution in [2.24, 2.45) is 5.92 Å². The van der Waals surface area contributed by atoms with Crippen LogP contribution in [0.5, 0.6) is 0 Å². The lowest BCUT2D eigenvalue weighted by atomic mass is 9.92. The molecule has 3 heteroatoms. The molecule has 0 saturated heterocycles. The number of nitrogens with zero attached hydrogens (tertiary/aromatic N) is 2. The van der Waals surface area contributed by atoms with E-state index in [4.69, 9.17) is 0 Å². The maximum absolute atomic E-state index is 11.4. The molecule has 0 aromatic carbocycles. The van der Waals surface area contributed by atoms with Gasteiger partial charge in [-0.05, 0) is 23.6 Å². The average molecular weight is 202 g/mol. The van der Waals surface area contributed by atoms with Crippen LogP contribution in [0.15, 0.2) is 30.6 Å². The van der Waals surface area contributed by atoms with Crippen molar-refractivity contribution >= 4 is 11.5 Å². The Morgan fingerprint density at radius 1 is 1.47 bits per heavy atom. The van der Waals surface area contributed by atoms with E-state index < -0.39 is 0 Å². The van der Waals surface area contributed by atoms with E-state index in [1.807, 2.05) is 24.4 Å². The number of hydrogen-bond donors (Lipinski definition) is 0. The van der Waals surface area contributed by atoms with E-state index >= 15 is 0 Å². The molecule has 0 saturated carbocycles. The van der Waals surface area contributed by atoms with Crippen LogP contribution in [0.2, 0.25) is 0 Å². The summed E-state index contributed by atoms with van der Waals surface area (Å²) in [5.41, 5.74) is 2.10. The van der Waals surface area contributed by atoms with Gasteiger partial charge in [-0.3, -0.25) is 9.78 Å². The lowest BCUT2D eigenvalue weighted by molar-refractivity contribution is -0.128. The molecule has 0 N–H and O–H groups in total. The minimum Gasteiger partial charge on any atom is -0.322 e. The SMILES string of the molecule is CC1CC(=O)N(C)C=C1c1ccccn1. The monoisotopic (exact) mass is 202 g/mol. The molecule has 1 aliphatic rings. The van der Waals surface area contributed by atoms with E-state index in [1.165, 1.54) is 0 Å². The molecule has 2 heterocycles. The van der Waals surface area contributed by atoms with E-state index in [0.717, 1.165) is 11.3 Å². The molecule has 1 aromatic rings. The zero-order valence-corrected chi connectivity index (χ0v) is 8.97. The third-order valence-corrected chi connectivity index (χ3v) is 2.70. The smallest absolute Gasteiger partial charge is 0.226 e. The van der Waals surface area contributed by atoms with Gasteiger partial charge in [-0.2, -0.15) is 0 Å². The normalized spacial score (nSPS) is 21.5. The maximum atomic E-state index is 11.4. The number of amides is 1. The van der Waals surface area contributed by atoms with Gasteiger partial charge in [-0.15, -0.1) is 0 Å². The Labute approximate surface area is 89.4 Å². The Kier molecular flexibility index (Phi) is 2.54. The molecule has 3 nitrogen and oxygen atoms in total. The molecule has 1 unspecified atom stereocenters. The van der Waals surface area contributed by atoms with E-state index in [-0.39, 0.29) is 11.8 Å². The third-order valence-electron chi connectivity index (χ3n) is 2.70. The highest BCUT2D eigenvalue weighted by Gasteiger charge is 2.23. The fourth-order valence-electron chi connectivity index (χ4n) is 1.78. The largest absolute Gasteiger partial charge is 0.322 e. The topological polar surface area (TPSA) is 33.2 Å². The van der Waals surface area contributed by atoms with Crippen LogP contribution < -0.4 is 0 Å². The van der Waals surface area contributed by atoms with Crippen LogP contribution in [0.25, 0.3) is 5.57 Å². The Balaban J connectivity index is 2.37. The number of hydrogen-bond acceptors (Lipinski definition) is 2. The van der Waals surface area contributed by atoms with Gasteiger partial charge in [-0.1, -0.05) is 13.0 Å². The molecule has 1 aliphatic heterocycles. The predicted octanol–water partition coefficient (Wildman–Crippen LogP) is 1.92. The van der Waals surface area contributed by atoms with Crippen molar-refractivity contribution in [2.75, 3.05) is 7.05 Å². The Morgan fingerprint density at radius 2 is 2.27 bits per heavy atom. The fourth-order valence-corrected chi connectivity index (χ4v) is 1.78. The van der Waals surface area contributed by atoms with Crippen LogP contribution >= 0.6 is 0 Å². The molecule has 0 fully saturated rings. The van der Waals surface area contributed by atoms with Crippen molar-refractivity contribution in [3.8, 4) is 0 Å². The zero-order valence-electron chi connectivity index (χ0n) is 8.97. The van der Waals surface area contributed by atoms with Gasteiger partial charge in [-0.25, -0.2) is 0 Å². The molecule has 0 spiro atoms. The first-order chi connectivity index (χ1) is 7.18. The zero-order chi connectivity index (χ0) is 10.8. The second kappa shape index (κ2) is 3.85. The molecule has 1 amide bonds. The molecule has 0 radical (unpaired) electrons. The summed E-state index contributed by atoms with van der Waals surface area (Å²) in [6.45, 7) is 2.06. The van der Waals surface area contributed by atoms with Crippen molar-refractivity contribution in [3.05, 3.63) is 36.3 Å². The van der Waals surface area contributed by atoms with Gasteiger partial charge in [0.05, 0.1) is 5.69 Å². The van der Waals surface area contributed by atoms with Crippen molar-refractivity contribution in [3.63, 3.8) is 0 Å². The van der Waals surface area contributed by atoms with Crippen molar-refractivity contribution < 1.29 is 4.79 Å². The first-order valence-electron chi connectivity index (χ1n) is 5.07. The highest BCUT2D eigenvalue weighted by molar-refractivity contribution is 5.84. The standard InChI is InChI=1S/C12H14N2O/c1-9-7-12(15)14(2)8-10(9)11-5-3-4-6-13-11/h3-6,8-9H,7H2,1-2H3. The molecule has 0 bridgehead atoms. The number of pyridine rings is 1. The van der Waals surface area contributed by atoms with E-state index in [2.05, 4.69) is 11.9 Å². The molecular weight excluding hydrogens is 188 g/mol. The Bertz CT molecular complexity index is 397. The van der Waals surface area contributed by atoms with Crippen molar-refractivity contribution in [1.29, 1.82) is 0 Å². The average Bonchev–Trinajstić information content (AvgIpc) is 2.25. The molecule has 1 atom stereocenters. The van der Waals surface area contributed by atoms with Crippen LogP contribution in [0.1, 0.15) is 19.0 Å². The van der Waals surface area contributed by atoms with Gasteiger partial charge in [0.2, 0.25) is 5.91 Å². The first-order valence-corrected chi connectivity index (χ1v) is 5.07. The summed E-state index contributed by atoms with van der Waals surface area (Å²) in [6.07, 6.45) is 4.23. The van der Waals surface area contributed by atoms with Gasteiger partial charge in [0, 0.05) is 25.9 Å². The molecule has 15 heavy (non-hydrogen) atoms. The van der Waals surface area contributed by atoms with Crippen LogP contribution in [0, 0.1) is 5.92 Å². The summed E-state index contributed by atoms with van der Waals surface area (Å²) in [5.74, 6) is 0.422. The van der Waals surface area contributed by atoms with E-state index in [9.17, 15) is 4.79 Å². The fraction of sp³-hybridized carbons (Fsp3) is 0.333. The van der Waals surface area contributed by atoms with Gasteiger partial charge in [0.25, 0.3) is 0 Å². The third kappa shape index (κ3) is 1.91. The summed E-state index contributed by atoms with van der Waals surface area (Å²) < 4.78 is 0. The number of carbonyl (C=O) groups is 1.